The van der Waals surface area contributed by atoms with Crippen LogP contribution in [0, 0.1) is 12.7 Å². The first-order chi connectivity index (χ1) is 7.65. The van der Waals surface area contributed by atoms with Crippen molar-refractivity contribution in [2.75, 3.05) is 5.73 Å². The maximum atomic E-state index is 13.1. The number of aryl methyl sites for hydroxylation is 1. The summed E-state index contributed by atoms with van der Waals surface area (Å²) in [6, 6.07) is 4.40. The number of nitrogens with zero attached hydrogens (tertiary/aromatic N) is 1. The largest absolute Gasteiger partial charge is 0.486 e. The zero-order chi connectivity index (χ0) is 11.5. The van der Waals surface area contributed by atoms with E-state index in [2.05, 4.69) is 4.98 Å². The first-order valence-corrected chi connectivity index (χ1v) is 5.62. The van der Waals surface area contributed by atoms with E-state index in [9.17, 15) is 4.39 Å². The van der Waals surface area contributed by atoms with Crippen molar-refractivity contribution >= 4 is 17.0 Å². The highest BCUT2D eigenvalue weighted by atomic mass is 32.1. The van der Waals surface area contributed by atoms with Crippen LogP contribution in [0.4, 0.5) is 10.1 Å². The molecule has 1 aromatic heterocycles. The number of rotatable bonds is 3. The fourth-order valence-electron chi connectivity index (χ4n) is 1.21. The molecule has 16 heavy (non-hydrogen) atoms. The van der Waals surface area contributed by atoms with Gasteiger partial charge in [-0.3, -0.25) is 0 Å². The van der Waals surface area contributed by atoms with Gasteiger partial charge in [-0.1, -0.05) is 0 Å². The molecular formula is C11H11FN2OS. The molecule has 3 nitrogen and oxygen atoms in total. The lowest BCUT2D eigenvalue weighted by atomic mass is 10.3. The Kier molecular flexibility index (Phi) is 3.05. The van der Waals surface area contributed by atoms with Crippen molar-refractivity contribution in [3.05, 3.63) is 40.1 Å². The van der Waals surface area contributed by atoms with Gasteiger partial charge in [0.05, 0.1) is 5.69 Å². The number of aromatic nitrogens is 1. The lowest BCUT2D eigenvalue weighted by molar-refractivity contribution is 0.304. The molecule has 0 saturated heterocycles. The lowest BCUT2D eigenvalue weighted by Gasteiger charge is -2.04. The molecule has 0 bridgehead atoms. The summed E-state index contributed by atoms with van der Waals surface area (Å²) in [6.45, 7) is 2.27. The van der Waals surface area contributed by atoms with Crippen molar-refractivity contribution in [2.24, 2.45) is 0 Å². The van der Waals surface area contributed by atoms with Crippen molar-refractivity contribution in [1.82, 2.24) is 4.98 Å². The lowest BCUT2D eigenvalue weighted by Crippen LogP contribution is -1.97. The van der Waals surface area contributed by atoms with Crippen LogP contribution in [0.3, 0.4) is 0 Å². The van der Waals surface area contributed by atoms with Gasteiger partial charge in [0.1, 0.15) is 23.2 Å². The minimum Gasteiger partial charge on any atom is -0.486 e. The van der Waals surface area contributed by atoms with Gasteiger partial charge in [0.25, 0.3) is 0 Å². The highest BCUT2D eigenvalue weighted by Crippen LogP contribution is 2.19. The SMILES string of the molecule is Cc1csc(COc2ccc(N)c(F)c2)n1. The molecule has 0 unspecified atom stereocenters. The minimum absolute atomic E-state index is 0.123. The van der Waals surface area contributed by atoms with Crippen molar-refractivity contribution in [3.8, 4) is 5.75 Å². The number of ether oxygens (including phenoxy) is 1. The van der Waals surface area contributed by atoms with E-state index in [1.165, 1.54) is 23.5 Å². The molecule has 1 aromatic carbocycles. The number of halogens is 1. The van der Waals surface area contributed by atoms with Gasteiger partial charge < -0.3 is 10.5 Å². The molecular weight excluding hydrogens is 227 g/mol. The molecule has 0 saturated carbocycles. The second-order valence-electron chi connectivity index (χ2n) is 3.35. The fourth-order valence-corrected chi connectivity index (χ4v) is 1.89. The Morgan fingerprint density at radius 3 is 2.94 bits per heavy atom. The summed E-state index contributed by atoms with van der Waals surface area (Å²) in [4.78, 5) is 4.24. The fraction of sp³-hybridized carbons (Fsp3) is 0.182. The first kappa shape index (κ1) is 10.9. The monoisotopic (exact) mass is 238 g/mol. The zero-order valence-corrected chi connectivity index (χ0v) is 9.55. The number of thiazole rings is 1. The second kappa shape index (κ2) is 4.49. The number of nitrogens with two attached hydrogens (primary N) is 1. The average molecular weight is 238 g/mol. The molecule has 0 aliphatic rings. The second-order valence-corrected chi connectivity index (χ2v) is 4.30. The predicted molar refractivity (Wildman–Crippen MR) is 62.0 cm³/mol. The summed E-state index contributed by atoms with van der Waals surface area (Å²) in [5.41, 5.74) is 6.45. The smallest absolute Gasteiger partial charge is 0.149 e. The first-order valence-electron chi connectivity index (χ1n) is 4.74. The Balaban J connectivity index is 2.02. The third kappa shape index (κ3) is 2.49. The van der Waals surface area contributed by atoms with Gasteiger partial charge in [0.2, 0.25) is 0 Å². The van der Waals surface area contributed by atoms with Gasteiger partial charge in [-0.15, -0.1) is 11.3 Å². The van der Waals surface area contributed by atoms with Crippen LogP contribution in [0.5, 0.6) is 5.75 Å². The molecule has 0 spiro atoms. The van der Waals surface area contributed by atoms with Crippen LogP contribution in [-0.4, -0.2) is 4.98 Å². The highest BCUT2D eigenvalue weighted by Gasteiger charge is 2.03. The van der Waals surface area contributed by atoms with Crippen molar-refractivity contribution < 1.29 is 9.13 Å². The summed E-state index contributed by atoms with van der Waals surface area (Å²) in [6.07, 6.45) is 0. The molecule has 0 amide bonds. The van der Waals surface area contributed by atoms with Crippen molar-refractivity contribution in [3.63, 3.8) is 0 Å². The molecule has 5 heteroatoms. The molecule has 1 heterocycles. The summed E-state index contributed by atoms with van der Waals surface area (Å²) >= 11 is 1.52. The number of anilines is 1. The number of hydrogen-bond acceptors (Lipinski definition) is 4. The third-order valence-corrected chi connectivity index (χ3v) is 2.94. The van der Waals surface area contributed by atoms with Crippen LogP contribution in [0.2, 0.25) is 0 Å². The number of benzene rings is 1. The molecule has 2 aromatic rings. The Bertz CT molecular complexity index is 498. The van der Waals surface area contributed by atoms with E-state index in [0.29, 0.717) is 12.4 Å². The summed E-state index contributed by atoms with van der Waals surface area (Å²) < 4.78 is 18.5. The van der Waals surface area contributed by atoms with Crippen molar-refractivity contribution in [2.45, 2.75) is 13.5 Å². The number of nitrogen functional groups attached to an aromatic ring is 1. The van der Waals surface area contributed by atoms with Crippen LogP contribution in [-0.2, 0) is 6.61 Å². The topological polar surface area (TPSA) is 48.1 Å². The van der Waals surface area contributed by atoms with Gasteiger partial charge in [-0.2, -0.15) is 0 Å². The van der Waals surface area contributed by atoms with Crippen LogP contribution >= 0.6 is 11.3 Å². The molecule has 0 aliphatic carbocycles. The normalized spacial score (nSPS) is 10.4. The van der Waals surface area contributed by atoms with Gasteiger partial charge >= 0.3 is 0 Å². The Hall–Kier alpha value is -1.62. The third-order valence-electron chi connectivity index (χ3n) is 2.00. The van der Waals surface area contributed by atoms with E-state index < -0.39 is 5.82 Å². The number of hydrogen-bond donors (Lipinski definition) is 1. The minimum atomic E-state index is -0.465. The zero-order valence-electron chi connectivity index (χ0n) is 8.74. The van der Waals surface area contributed by atoms with Gasteiger partial charge in [-0.25, -0.2) is 9.37 Å². The molecule has 0 fully saturated rings. The standard InChI is InChI=1S/C11H11FN2OS/c1-7-6-16-11(14-7)5-15-8-2-3-10(13)9(12)4-8/h2-4,6H,5,13H2,1H3. The van der Waals surface area contributed by atoms with E-state index in [-0.39, 0.29) is 5.69 Å². The van der Waals surface area contributed by atoms with E-state index in [0.717, 1.165) is 10.7 Å². The molecule has 84 valence electrons. The van der Waals surface area contributed by atoms with Crippen LogP contribution < -0.4 is 10.5 Å². The Morgan fingerprint density at radius 2 is 2.31 bits per heavy atom. The van der Waals surface area contributed by atoms with E-state index >= 15 is 0 Å². The van der Waals surface area contributed by atoms with E-state index in [4.69, 9.17) is 10.5 Å². The van der Waals surface area contributed by atoms with Gasteiger partial charge in [0.15, 0.2) is 0 Å². The average Bonchev–Trinajstić information content (AvgIpc) is 2.66. The van der Waals surface area contributed by atoms with Gasteiger partial charge in [-0.05, 0) is 19.1 Å². The summed E-state index contributed by atoms with van der Waals surface area (Å²) in [5.74, 6) is -0.00706. The molecule has 0 atom stereocenters. The summed E-state index contributed by atoms with van der Waals surface area (Å²) in [7, 11) is 0. The predicted octanol–water partition coefficient (Wildman–Crippen LogP) is 2.75. The maximum absolute atomic E-state index is 13.1. The highest BCUT2D eigenvalue weighted by molar-refractivity contribution is 7.09. The van der Waals surface area contributed by atoms with Crippen molar-refractivity contribution in [1.29, 1.82) is 0 Å². The van der Waals surface area contributed by atoms with Crippen LogP contribution in [0.15, 0.2) is 23.6 Å². The maximum Gasteiger partial charge on any atom is 0.149 e. The molecule has 2 N–H and O–H groups in total. The van der Waals surface area contributed by atoms with Crippen LogP contribution in [0.1, 0.15) is 10.7 Å². The molecule has 0 aliphatic heterocycles. The van der Waals surface area contributed by atoms with Crippen LogP contribution in [0.25, 0.3) is 0 Å². The molecule has 2 rings (SSSR count). The Labute approximate surface area is 96.7 Å². The quantitative estimate of drug-likeness (QED) is 0.836. The molecule has 0 radical (unpaired) electrons. The summed E-state index contributed by atoms with van der Waals surface area (Å²) in [5, 5.41) is 2.82. The Morgan fingerprint density at radius 1 is 1.50 bits per heavy atom. The van der Waals surface area contributed by atoms with E-state index in [1.807, 2.05) is 12.3 Å². The van der Waals surface area contributed by atoms with E-state index in [1.54, 1.807) is 6.07 Å². The van der Waals surface area contributed by atoms with Gasteiger partial charge in [0, 0.05) is 17.1 Å².